The number of aryl methyl sites for hydroxylation is 1. The maximum Gasteiger partial charge on any atom is 0.164 e. The van der Waals surface area contributed by atoms with Crippen LogP contribution in [0.1, 0.15) is 22.8 Å². The van der Waals surface area contributed by atoms with Gasteiger partial charge in [-0.25, -0.2) is 0 Å². The Hall–Kier alpha value is -2.35. The molecule has 0 spiro atoms. The minimum atomic E-state index is 0.0307. The van der Waals surface area contributed by atoms with Crippen molar-refractivity contribution in [2.75, 3.05) is 0 Å². The second-order valence-electron chi connectivity index (χ2n) is 4.68. The van der Waals surface area contributed by atoms with Crippen molar-refractivity contribution in [3.63, 3.8) is 0 Å². The van der Waals surface area contributed by atoms with Crippen molar-refractivity contribution in [1.82, 2.24) is 0 Å². The van der Waals surface area contributed by atoms with Gasteiger partial charge < -0.3 is 4.42 Å². The van der Waals surface area contributed by atoms with Crippen molar-refractivity contribution in [2.45, 2.75) is 13.8 Å². The van der Waals surface area contributed by atoms with Crippen LogP contribution in [0.3, 0.4) is 0 Å². The van der Waals surface area contributed by atoms with Gasteiger partial charge in [-0.1, -0.05) is 48.5 Å². The molecule has 2 heteroatoms. The fraction of sp³-hybridized carbons (Fsp3) is 0.118. The van der Waals surface area contributed by atoms with Crippen LogP contribution >= 0.6 is 0 Å². The number of carbonyl (C=O) groups excluding carboxylic acids is 1. The molecule has 19 heavy (non-hydrogen) atoms. The summed E-state index contributed by atoms with van der Waals surface area (Å²) in [5.41, 5.74) is 3.45. The second-order valence-corrected chi connectivity index (χ2v) is 4.68. The van der Waals surface area contributed by atoms with Gasteiger partial charge in [0, 0.05) is 10.9 Å². The van der Waals surface area contributed by atoms with Crippen molar-refractivity contribution in [1.29, 1.82) is 0 Å². The van der Waals surface area contributed by atoms with Gasteiger partial charge in [0.05, 0.1) is 5.56 Å². The Bertz CT molecular complexity index is 752. The van der Waals surface area contributed by atoms with E-state index in [9.17, 15) is 4.79 Å². The van der Waals surface area contributed by atoms with Crippen molar-refractivity contribution in [3.8, 4) is 11.3 Å². The lowest BCUT2D eigenvalue weighted by Gasteiger charge is -1.99. The number of hydrogen-bond donors (Lipinski definition) is 0. The Balaban J connectivity index is 2.39. The number of para-hydroxylation sites is 1. The number of fused-ring (bicyclic) bond motifs is 1. The average molecular weight is 250 g/mol. The molecule has 0 aliphatic carbocycles. The van der Waals surface area contributed by atoms with Gasteiger partial charge in [0.25, 0.3) is 0 Å². The zero-order chi connectivity index (χ0) is 13.4. The third-order valence-corrected chi connectivity index (χ3v) is 3.30. The standard InChI is InChI=1S/C17H14O2/c1-11-7-6-10-14-15(12(2)18)17(19-16(11)14)13-8-4-3-5-9-13/h3-10H,1-2H3. The van der Waals surface area contributed by atoms with Crippen LogP contribution in [0.15, 0.2) is 52.9 Å². The first kappa shape index (κ1) is 11.7. The smallest absolute Gasteiger partial charge is 0.164 e. The lowest BCUT2D eigenvalue weighted by Crippen LogP contribution is -1.92. The number of hydrogen-bond acceptors (Lipinski definition) is 2. The van der Waals surface area contributed by atoms with Crippen LogP contribution in [0, 0.1) is 6.92 Å². The highest BCUT2D eigenvalue weighted by Gasteiger charge is 2.19. The highest BCUT2D eigenvalue weighted by molar-refractivity contribution is 6.11. The molecule has 0 amide bonds. The second kappa shape index (κ2) is 4.39. The molecule has 0 aliphatic heterocycles. The minimum Gasteiger partial charge on any atom is -0.455 e. The van der Waals surface area contributed by atoms with Gasteiger partial charge in [0.2, 0.25) is 0 Å². The predicted octanol–water partition coefficient (Wildman–Crippen LogP) is 4.61. The number of carbonyl (C=O) groups is 1. The summed E-state index contributed by atoms with van der Waals surface area (Å²) in [6.07, 6.45) is 0. The normalized spacial score (nSPS) is 10.8. The lowest BCUT2D eigenvalue weighted by molar-refractivity contribution is 0.101. The molecule has 2 nitrogen and oxygen atoms in total. The van der Waals surface area contributed by atoms with E-state index in [-0.39, 0.29) is 5.78 Å². The molecule has 1 aromatic heterocycles. The minimum absolute atomic E-state index is 0.0307. The molecular formula is C17H14O2. The number of Topliss-reactive ketones (excluding diaryl/α,β-unsaturated/α-hetero) is 1. The lowest BCUT2D eigenvalue weighted by atomic mass is 10.0. The van der Waals surface area contributed by atoms with Gasteiger partial charge in [-0.15, -0.1) is 0 Å². The third kappa shape index (κ3) is 1.85. The molecule has 3 rings (SSSR count). The predicted molar refractivity (Wildman–Crippen MR) is 76.4 cm³/mol. The van der Waals surface area contributed by atoms with E-state index in [0.29, 0.717) is 11.3 Å². The number of benzene rings is 2. The molecule has 94 valence electrons. The summed E-state index contributed by atoms with van der Waals surface area (Å²) in [6.45, 7) is 3.57. The summed E-state index contributed by atoms with van der Waals surface area (Å²) in [4.78, 5) is 12.0. The maximum atomic E-state index is 12.0. The Morgan fingerprint density at radius 3 is 2.42 bits per heavy atom. The van der Waals surface area contributed by atoms with E-state index in [0.717, 1.165) is 22.1 Å². The van der Waals surface area contributed by atoms with Gasteiger partial charge in [-0.3, -0.25) is 4.79 Å². The van der Waals surface area contributed by atoms with Crippen molar-refractivity contribution < 1.29 is 9.21 Å². The first-order valence-corrected chi connectivity index (χ1v) is 6.27. The van der Waals surface area contributed by atoms with Gasteiger partial charge >= 0.3 is 0 Å². The van der Waals surface area contributed by atoms with E-state index in [1.807, 2.05) is 55.5 Å². The summed E-state index contributed by atoms with van der Waals surface area (Å²) >= 11 is 0. The SMILES string of the molecule is CC(=O)c1c(-c2ccccc2)oc2c(C)cccc12. The molecule has 0 bridgehead atoms. The third-order valence-electron chi connectivity index (χ3n) is 3.30. The molecule has 0 fully saturated rings. The summed E-state index contributed by atoms with van der Waals surface area (Å²) in [7, 11) is 0. The summed E-state index contributed by atoms with van der Waals surface area (Å²) in [6, 6.07) is 15.6. The van der Waals surface area contributed by atoms with E-state index in [4.69, 9.17) is 4.42 Å². The molecule has 0 atom stereocenters. The first-order chi connectivity index (χ1) is 9.18. The largest absolute Gasteiger partial charge is 0.455 e. The number of rotatable bonds is 2. The Kier molecular flexibility index (Phi) is 2.71. The van der Waals surface area contributed by atoms with Gasteiger partial charge in [-0.2, -0.15) is 0 Å². The average Bonchev–Trinajstić information content (AvgIpc) is 2.81. The fourth-order valence-corrected chi connectivity index (χ4v) is 2.40. The molecular weight excluding hydrogens is 236 g/mol. The summed E-state index contributed by atoms with van der Waals surface area (Å²) in [5, 5.41) is 0.895. The Labute approximate surface area is 111 Å². The van der Waals surface area contributed by atoms with Crippen molar-refractivity contribution in [2.24, 2.45) is 0 Å². The van der Waals surface area contributed by atoms with Crippen LogP contribution < -0.4 is 0 Å². The molecule has 0 aliphatic rings. The van der Waals surface area contributed by atoms with E-state index < -0.39 is 0 Å². The molecule has 0 N–H and O–H groups in total. The highest BCUT2D eigenvalue weighted by atomic mass is 16.3. The van der Waals surface area contributed by atoms with Gasteiger partial charge in [0.15, 0.2) is 5.78 Å². The monoisotopic (exact) mass is 250 g/mol. The zero-order valence-electron chi connectivity index (χ0n) is 10.9. The van der Waals surface area contributed by atoms with Crippen LogP contribution in [-0.4, -0.2) is 5.78 Å². The van der Waals surface area contributed by atoms with E-state index in [2.05, 4.69) is 0 Å². The molecule has 0 radical (unpaired) electrons. The van der Waals surface area contributed by atoms with Gasteiger partial charge in [0.1, 0.15) is 11.3 Å². The van der Waals surface area contributed by atoms with Crippen LogP contribution in [0.25, 0.3) is 22.3 Å². The van der Waals surface area contributed by atoms with Gasteiger partial charge in [-0.05, 0) is 19.4 Å². The zero-order valence-corrected chi connectivity index (χ0v) is 10.9. The van der Waals surface area contributed by atoms with Crippen LogP contribution in [0.4, 0.5) is 0 Å². The summed E-state index contributed by atoms with van der Waals surface area (Å²) < 4.78 is 5.96. The highest BCUT2D eigenvalue weighted by Crippen LogP contribution is 2.35. The Morgan fingerprint density at radius 1 is 1.00 bits per heavy atom. The van der Waals surface area contributed by atoms with E-state index >= 15 is 0 Å². The first-order valence-electron chi connectivity index (χ1n) is 6.27. The van der Waals surface area contributed by atoms with Crippen molar-refractivity contribution >= 4 is 16.8 Å². The quantitative estimate of drug-likeness (QED) is 0.622. The Morgan fingerprint density at radius 2 is 1.74 bits per heavy atom. The van der Waals surface area contributed by atoms with E-state index in [1.165, 1.54) is 0 Å². The van der Waals surface area contributed by atoms with E-state index in [1.54, 1.807) is 6.92 Å². The van der Waals surface area contributed by atoms with Crippen LogP contribution in [-0.2, 0) is 0 Å². The fourth-order valence-electron chi connectivity index (χ4n) is 2.40. The molecule has 3 aromatic rings. The molecule has 2 aromatic carbocycles. The molecule has 0 saturated heterocycles. The maximum absolute atomic E-state index is 12.0. The number of furan rings is 1. The van der Waals surface area contributed by atoms with Crippen LogP contribution in [0.5, 0.6) is 0 Å². The molecule has 1 heterocycles. The topological polar surface area (TPSA) is 30.2 Å². The molecule has 0 unspecified atom stereocenters. The van der Waals surface area contributed by atoms with Crippen LogP contribution in [0.2, 0.25) is 0 Å². The number of ketones is 1. The molecule has 0 saturated carbocycles. The summed E-state index contributed by atoms with van der Waals surface area (Å²) in [5.74, 6) is 0.695. The van der Waals surface area contributed by atoms with Crippen molar-refractivity contribution in [3.05, 3.63) is 59.7 Å².